The zero-order chi connectivity index (χ0) is 46.4. The Morgan fingerprint density at radius 2 is 0.586 bits per heavy atom. The fourth-order valence-corrected chi connectivity index (χ4v) is 10.5. The molecule has 13 rings (SSSR count). The van der Waals surface area contributed by atoms with Crippen LogP contribution in [0.2, 0.25) is 0 Å². The Bertz CT molecular complexity index is 3630. The largest absolute Gasteiger partial charge is 0.489 e. The summed E-state index contributed by atoms with van der Waals surface area (Å²) in [7, 11) is 0. The van der Waals surface area contributed by atoms with E-state index in [9.17, 15) is 0 Å². The smallest absolute Gasteiger partial charge is 0.120 e. The summed E-state index contributed by atoms with van der Waals surface area (Å²) in [6.07, 6.45) is 4.34. The van der Waals surface area contributed by atoms with Crippen LogP contribution in [0.4, 0.5) is 0 Å². The number of ether oxygens (including phenoxy) is 2. The van der Waals surface area contributed by atoms with E-state index in [1.807, 2.05) is 0 Å². The molecule has 4 aromatic heterocycles. The van der Waals surface area contributed by atoms with E-state index in [2.05, 4.69) is 249 Å². The Morgan fingerprint density at radius 3 is 0.943 bits per heavy atom. The molecule has 0 spiro atoms. The molecule has 0 N–H and O–H groups in total. The van der Waals surface area contributed by atoms with E-state index in [-0.39, 0.29) is 0 Å². The topological polar surface area (TPSA) is 38.2 Å². The van der Waals surface area contributed by atoms with Crippen LogP contribution in [0.5, 0.6) is 11.5 Å². The van der Waals surface area contributed by atoms with Crippen LogP contribution < -0.4 is 9.47 Å². The van der Waals surface area contributed by atoms with E-state index >= 15 is 0 Å². The fourth-order valence-electron chi connectivity index (χ4n) is 10.5. The highest BCUT2D eigenvalue weighted by atomic mass is 16.5. The minimum atomic E-state index is 0.495. The van der Waals surface area contributed by atoms with Crippen molar-refractivity contribution in [2.45, 2.75) is 39.4 Å². The molecule has 9 aromatic carbocycles. The fraction of sp³-hybridized carbons (Fsp3) is 0.0938. The highest BCUT2D eigenvalue weighted by Crippen LogP contribution is 2.32. The van der Waals surface area contributed by atoms with Crippen LogP contribution >= 0.6 is 0 Å². The number of benzene rings is 9. The van der Waals surface area contributed by atoms with Crippen molar-refractivity contribution in [1.29, 1.82) is 0 Å². The quantitative estimate of drug-likeness (QED) is 0.109. The molecule has 0 radical (unpaired) electrons. The van der Waals surface area contributed by atoms with Crippen molar-refractivity contribution >= 4 is 65.4 Å². The average molecular weight is 907 g/mol. The summed E-state index contributed by atoms with van der Waals surface area (Å²) < 4.78 is 22.1. The monoisotopic (exact) mass is 906 g/mol. The molecule has 338 valence electrons. The molecule has 4 heterocycles. The summed E-state index contributed by atoms with van der Waals surface area (Å²) in [6.45, 7) is 4.27. The SMILES string of the molecule is c1ccc2c(c1)c1ccccc1n2Cc1ccc(Cn2ccc3cc(OCc4ccc(COc5ccc6c(ccn6Cc6ccc(Cn7c8ccccc8c8ccccc87)cc6)c5)cc4)ccc32)cc1. The van der Waals surface area contributed by atoms with E-state index in [0.717, 1.165) is 48.8 Å². The lowest BCUT2D eigenvalue weighted by molar-refractivity contribution is 0.303. The highest BCUT2D eigenvalue weighted by Gasteiger charge is 2.13. The summed E-state index contributed by atoms with van der Waals surface area (Å²) in [5.74, 6) is 1.72. The van der Waals surface area contributed by atoms with E-state index in [4.69, 9.17) is 9.47 Å². The van der Waals surface area contributed by atoms with E-state index in [1.54, 1.807) is 0 Å². The molecule has 13 aromatic rings. The van der Waals surface area contributed by atoms with Gasteiger partial charge in [0.2, 0.25) is 0 Å². The number of nitrogens with zero attached hydrogens (tertiary/aromatic N) is 4. The van der Waals surface area contributed by atoms with Crippen LogP contribution in [-0.4, -0.2) is 18.3 Å². The normalized spacial score (nSPS) is 11.8. The van der Waals surface area contributed by atoms with Gasteiger partial charge in [-0.05, 0) is 106 Å². The molecule has 0 fully saturated rings. The summed E-state index contributed by atoms with van der Waals surface area (Å²) in [5.41, 5.74) is 14.8. The third kappa shape index (κ3) is 7.93. The molecule has 0 saturated heterocycles. The Kier molecular flexibility index (Phi) is 10.5. The van der Waals surface area contributed by atoms with Crippen LogP contribution in [0.1, 0.15) is 33.4 Å². The van der Waals surface area contributed by atoms with Gasteiger partial charge in [-0.1, -0.05) is 146 Å². The van der Waals surface area contributed by atoms with Crippen LogP contribution in [0.25, 0.3) is 65.4 Å². The highest BCUT2D eigenvalue weighted by molar-refractivity contribution is 6.09. The molecule has 0 saturated carbocycles. The summed E-state index contributed by atoms with van der Waals surface area (Å²) >= 11 is 0. The Hall–Kier alpha value is -8.74. The van der Waals surface area contributed by atoms with Crippen molar-refractivity contribution in [1.82, 2.24) is 18.3 Å². The second kappa shape index (κ2) is 17.7. The molecule has 0 atom stereocenters. The molecule has 0 bridgehead atoms. The number of aromatic nitrogens is 4. The van der Waals surface area contributed by atoms with Gasteiger partial charge in [-0.15, -0.1) is 0 Å². The second-order valence-electron chi connectivity index (χ2n) is 18.6. The van der Waals surface area contributed by atoms with E-state index in [0.29, 0.717) is 13.2 Å². The first-order valence-electron chi connectivity index (χ1n) is 24.2. The zero-order valence-corrected chi connectivity index (χ0v) is 38.8. The maximum absolute atomic E-state index is 6.29. The maximum atomic E-state index is 6.29. The second-order valence-corrected chi connectivity index (χ2v) is 18.6. The molecule has 6 nitrogen and oxygen atoms in total. The van der Waals surface area contributed by atoms with Gasteiger partial charge in [-0.3, -0.25) is 0 Å². The van der Waals surface area contributed by atoms with Gasteiger partial charge in [-0.25, -0.2) is 0 Å². The molecule has 0 aliphatic heterocycles. The number of rotatable bonds is 14. The Balaban J connectivity index is 0.598. The van der Waals surface area contributed by atoms with Gasteiger partial charge in [0.25, 0.3) is 0 Å². The van der Waals surface area contributed by atoms with Crippen molar-refractivity contribution in [3.05, 3.63) is 264 Å². The van der Waals surface area contributed by atoms with E-state index < -0.39 is 0 Å². The number of hydrogen-bond donors (Lipinski definition) is 0. The molecule has 70 heavy (non-hydrogen) atoms. The van der Waals surface area contributed by atoms with Crippen molar-refractivity contribution in [3.8, 4) is 11.5 Å². The van der Waals surface area contributed by atoms with Crippen molar-refractivity contribution < 1.29 is 9.47 Å². The lowest BCUT2D eigenvalue weighted by atomic mass is 10.1. The maximum Gasteiger partial charge on any atom is 0.120 e. The van der Waals surface area contributed by atoms with Gasteiger partial charge in [0.05, 0.1) is 0 Å². The number of para-hydroxylation sites is 4. The lowest BCUT2D eigenvalue weighted by Gasteiger charge is -2.11. The molecule has 0 aliphatic rings. The van der Waals surface area contributed by atoms with Gasteiger partial charge in [0.15, 0.2) is 0 Å². The predicted octanol–water partition coefficient (Wildman–Crippen LogP) is 15.2. The molecule has 6 heteroatoms. The van der Waals surface area contributed by atoms with Crippen molar-refractivity contribution in [2.75, 3.05) is 0 Å². The van der Waals surface area contributed by atoms with Crippen LogP contribution in [0, 0.1) is 0 Å². The zero-order valence-electron chi connectivity index (χ0n) is 38.8. The third-order valence-corrected chi connectivity index (χ3v) is 14.1. The summed E-state index contributed by atoms with van der Waals surface area (Å²) in [5, 5.41) is 7.55. The average Bonchev–Trinajstić information content (AvgIpc) is 4.18. The molecule has 0 unspecified atom stereocenters. The predicted molar refractivity (Wildman–Crippen MR) is 287 cm³/mol. The first-order valence-corrected chi connectivity index (χ1v) is 24.2. The molecular formula is C64H50N4O2. The molecular weight excluding hydrogens is 857 g/mol. The lowest BCUT2D eigenvalue weighted by Crippen LogP contribution is -2.01. The van der Waals surface area contributed by atoms with Gasteiger partial charge < -0.3 is 27.7 Å². The molecule has 0 amide bonds. The van der Waals surface area contributed by atoms with Gasteiger partial charge in [0, 0.05) is 104 Å². The van der Waals surface area contributed by atoms with Gasteiger partial charge in [0.1, 0.15) is 24.7 Å². The van der Waals surface area contributed by atoms with Crippen molar-refractivity contribution in [2.24, 2.45) is 0 Å². The Labute approximate surface area is 406 Å². The van der Waals surface area contributed by atoms with Gasteiger partial charge >= 0.3 is 0 Å². The van der Waals surface area contributed by atoms with E-state index in [1.165, 1.54) is 87.7 Å². The van der Waals surface area contributed by atoms with Crippen LogP contribution in [0.15, 0.2) is 231 Å². The summed E-state index contributed by atoms with van der Waals surface area (Å²) in [4.78, 5) is 0. The first-order chi connectivity index (χ1) is 34.6. The standard InChI is InChI=1S/C64H50N4O2/c1-5-13-61-55(9-1)56-10-2-6-14-62(56)67(61)41-47-21-17-45(18-22-47)39-65-35-33-51-37-53(29-31-59(51)65)69-43-49-25-27-50(28-26-49)44-70-54-30-32-60-52(38-54)34-36-66(60)40-46-19-23-48(24-20-46)42-68-63-15-7-3-11-57(63)58-12-4-8-16-64(58)68/h1-38H,39-44H2. The van der Waals surface area contributed by atoms with Gasteiger partial charge in [-0.2, -0.15) is 0 Å². The number of hydrogen-bond acceptors (Lipinski definition) is 2. The first kappa shape index (κ1) is 41.4. The number of fused-ring (bicyclic) bond motifs is 8. The van der Waals surface area contributed by atoms with Crippen LogP contribution in [-0.2, 0) is 39.4 Å². The van der Waals surface area contributed by atoms with Crippen LogP contribution in [0.3, 0.4) is 0 Å². The van der Waals surface area contributed by atoms with Crippen molar-refractivity contribution in [3.63, 3.8) is 0 Å². The third-order valence-electron chi connectivity index (χ3n) is 14.1. The minimum absolute atomic E-state index is 0.495. The molecule has 0 aliphatic carbocycles. The minimum Gasteiger partial charge on any atom is -0.489 e. The Morgan fingerprint density at radius 1 is 0.271 bits per heavy atom. The summed E-state index contributed by atoms with van der Waals surface area (Å²) in [6, 6.07) is 78.6.